The van der Waals surface area contributed by atoms with Crippen molar-refractivity contribution in [2.75, 3.05) is 5.32 Å². The molecule has 0 amide bonds. The van der Waals surface area contributed by atoms with Crippen molar-refractivity contribution < 1.29 is 0 Å². The van der Waals surface area contributed by atoms with Crippen LogP contribution in [0.15, 0.2) is 6.20 Å². The molecular weight excluding hydrogens is 176 g/mol. The molecule has 76 valence electrons. The van der Waals surface area contributed by atoms with Crippen molar-refractivity contribution in [1.82, 2.24) is 9.78 Å². The SMILES string of the molecule is Cc1nn(C)cc1NC(C)C(C)C#N. The summed E-state index contributed by atoms with van der Waals surface area (Å²) in [5.74, 6) is -0.00499. The number of anilines is 1. The molecule has 0 aliphatic carbocycles. The van der Waals surface area contributed by atoms with Crippen molar-refractivity contribution >= 4 is 5.69 Å². The normalized spacial score (nSPS) is 14.5. The lowest BCUT2D eigenvalue weighted by molar-refractivity contribution is 0.630. The first kappa shape index (κ1) is 10.6. The van der Waals surface area contributed by atoms with E-state index in [2.05, 4.69) is 16.5 Å². The molecule has 0 saturated carbocycles. The predicted molar refractivity (Wildman–Crippen MR) is 55.8 cm³/mol. The zero-order valence-corrected chi connectivity index (χ0v) is 9.07. The first-order valence-corrected chi connectivity index (χ1v) is 4.71. The van der Waals surface area contributed by atoms with E-state index in [1.807, 2.05) is 34.0 Å². The van der Waals surface area contributed by atoms with Crippen LogP contribution in [-0.4, -0.2) is 15.8 Å². The minimum atomic E-state index is -0.00499. The smallest absolute Gasteiger partial charge is 0.0825 e. The molecule has 4 heteroatoms. The van der Waals surface area contributed by atoms with Gasteiger partial charge in [-0.05, 0) is 20.8 Å². The molecule has 0 aliphatic heterocycles. The molecule has 2 atom stereocenters. The van der Waals surface area contributed by atoms with Gasteiger partial charge in [0.05, 0.1) is 23.4 Å². The molecule has 1 aromatic heterocycles. The largest absolute Gasteiger partial charge is 0.379 e. The Bertz CT molecular complexity index is 347. The molecule has 0 spiro atoms. The molecule has 14 heavy (non-hydrogen) atoms. The van der Waals surface area contributed by atoms with Crippen LogP contribution in [0.2, 0.25) is 0 Å². The van der Waals surface area contributed by atoms with E-state index >= 15 is 0 Å². The lowest BCUT2D eigenvalue weighted by Gasteiger charge is -2.15. The second kappa shape index (κ2) is 4.14. The van der Waals surface area contributed by atoms with Gasteiger partial charge < -0.3 is 5.32 Å². The monoisotopic (exact) mass is 192 g/mol. The number of nitriles is 1. The minimum Gasteiger partial charge on any atom is -0.379 e. The molecule has 0 aromatic carbocycles. The van der Waals surface area contributed by atoms with Gasteiger partial charge in [-0.2, -0.15) is 10.4 Å². The number of rotatable bonds is 3. The summed E-state index contributed by atoms with van der Waals surface area (Å²) in [6, 6.07) is 2.36. The molecule has 0 bridgehead atoms. The van der Waals surface area contributed by atoms with Gasteiger partial charge in [-0.3, -0.25) is 4.68 Å². The van der Waals surface area contributed by atoms with E-state index in [1.165, 1.54) is 0 Å². The third kappa shape index (κ3) is 2.25. The van der Waals surface area contributed by atoms with Gasteiger partial charge in [-0.25, -0.2) is 0 Å². The highest BCUT2D eigenvalue weighted by atomic mass is 15.3. The van der Waals surface area contributed by atoms with Crippen molar-refractivity contribution in [3.8, 4) is 6.07 Å². The number of hydrogen-bond acceptors (Lipinski definition) is 3. The topological polar surface area (TPSA) is 53.6 Å². The first-order valence-electron chi connectivity index (χ1n) is 4.71. The number of nitrogens with one attached hydrogen (secondary N) is 1. The van der Waals surface area contributed by atoms with Crippen molar-refractivity contribution in [2.24, 2.45) is 13.0 Å². The Balaban J connectivity index is 2.70. The Labute approximate surface area is 84.5 Å². The molecule has 4 nitrogen and oxygen atoms in total. The molecule has 2 unspecified atom stereocenters. The Morgan fingerprint density at radius 2 is 2.21 bits per heavy atom. The van der Waals surface area contributed by atoms with Gasteiger partial charge in [0.15, 0.2) is 0 Å². The van der Waals surface area contributed by atoms with Crippen molar-refractivity contribution in [2.45, 2.75) is 26.8 Å². The second-order valence-electron chi connectivity index (χ2n) is 3.65. The van der Waals surface area contributed by atoms with Crippen LogP contribution >= 0.6 is 0 Å². The van der Waals surface area contributed by atoms with Gasteiger partial charge in [-0.15, -0.1) is 0 Å². The lowest BCUT2D eigenvalue weighted by atomic mass is 10.1. The standard InChI is InChI=1S/C10H16N4/c1-7(5-11)8(2)12-10-6-14(4)13-9(10)3/h6-8,12H,1-4H3. The van der Waals surface area contributed by atoms with Crippen LogP contribution in [-0.2, 0) is 7.05 Å². The molecule has 1 rings (SSSR count). The van der Waals surface area contributed by atoms with E-state index in [9.17, 15) is 0 Å². The van der Waals surface area contributed by atoms with Crippen LogP contribution in [0.5, 0.6) is 0 Å². The fraction of sp³-hybridized carbons (Fsp3) is 0.600. The molecule has 1 N–H and O–H groups in total. The third-order valence-corrected chi connectivity index (χ3v) is 2.35. The number of aromatic nitrogens is 2. The van der Waals surface area contributed by atoms with Crippen LogP contribution in [0.3, 0.4) is 0 Å². The van der Waals surface area contributed by atoms with Crippen molar-refractivity contribution in [1.29, 1.82) is 5.26 Å². The molecular formula is C10H16N4. The average Bonchev–Trinajstić information content (AvgIpc) is 2.44. The molecule has 1 heterocycles. The zero-order chi connectivity index (χ0) is 10.7. The maximum Gasteiger partial charge on any atom is 0.0825 e. The maximum atomic E-state index is 8.75. The minimum absolute atomic E-state index is 0.00499. The molecule has 0 radical (unpaired) electrons. The summed E-state index contributed by atoms with van der Waals surface area (Å²) in [5.41, 5.74) is 1.96. The lowest BCUT2D eigenvalue weighted by Crippen LogP contribution is -2.22. The zero-order valence-electron chi connectivity index (χ0n) is 9.07. The highest BCUT2D eigenvalue weighted by Crippen LogP contribution is 2.15. The van der Waals surface area contributed by atoms with Crippen molar-refractivity contribution in [3.63, 3.8) is 0 Å². The summed E-state index contributed by atoms with van der Waals surface area (Å²) in [6.07, 6.45) is 1.93. The molecule has 0 fully saturated rings. The number of nitrogens with zero attached hydrogens (tertiary/aromatic N) is 3. The van der Waals surface area contributed by atoms with Crippen molar-refractivity contribution in [3.05, 3.63) is 11.9 Å². The van der Waals surface area contributed by atoms with E-state index in [0.29, 0.717) is 0 Å². The van der Waals surface area contributed by atoms with Crippen LogP contribution in [0, 0.1) is 24.2 Å². The van der Waals surface area contributed by atoms with Crippen LogP contribution in [0.4, 0.5) is 5.69 Å². The highest BCUT2D eigenvalue weighted by Gasteiger charge is 2.12. The van der Waals surface area contributed by atoms with E-state index in [0.717, 1.165) is 11.4 Å². The van der Waals surface area contributed by atoms with E-state index in [-0.39, 0.29) is 12.0 Å². The quantitative estimate of drug-likeness (QED) is 0.792. The van der Waals surface area contributed by atoms with Crippen LogP contribution in [0.25, 0.3) is 0 Å². The summed E-state index contributed by atoms with van der Waals surface area (Å²) in [4.78, 5) is 0. The summed E-state index contributed by atoms with van der Waals surface area (Å²) in [6.45, 7) is 5.86. The average molecular weight is 192 g/mol. The van der Waals surface area contributed by atoms with Crippen LogP contribution < -0.4 is 5.32 Å². The highest BCUT2D eigenvalue weighted by molar-refractivity contribution is 5.46. The summed E-state index contributed by atoms with van der Waals surface area (Å²) in [5, 5.41) is 16.2. The summed E-state index contributed by atoms with van der Waals surface area (Å²) >= 11 is 0. The first-order chi connectivity index (χ1) is 6.54. The maximum absolute atomic E-state index is 8.75. The summed E-state index contributed by atoms with van der Waals surface area (Å²) in [7, 11) is 1.89. The number of aryl methyl sites for hydroxylation is 2. The van der Waals surface area contributed by atoms with Gasteiger partial charge in [0, 0.05) is 19.3 Å². The Kier molecular flexibility index (Phi) is 3.13. The van der Waals surface area contributed by atoms with E-state index in [1.54, 1.807) is 4.68 Å². The second-order valence-corrected chi connectivity index (χ2v) is 3.65. The van der Waals surface area contributed by atoms with Gasteiger partial charge in [-0.1, -0.05) is 0 Å². The Morgan fingerprint density at radius 3 is 2.64 bits per heavy atom. The predicted octanol–water partition coefficient (Wildman–Crippen LogP) is 1.69. The fourth-order valence-corrected chi connectivity index (χ4v) is 1.22. The third-order valence-electron chi connectivity index (χ3n) is 2.35. The molecule has 1 aromatic rings. The molecule has 0 aliphatic rings. The van der Waals surface area contributed by atoms with Gasteiger partial charge in [0.2, 0.25) is 0 Å². The van der Waals surface area contributed by atoms with Gasteiger partial charge in [0.1, 0.15) is 0 Å². The summed E-state index contributed by atoms with van der Waals surface area (Å²) < 4.78 is 1.77. The van der Waals surface area contributed by atoms with Crippen LogP contribution in [0.1, 0.15) is 19.5 Å². The number of hydrogen-bond donors (Lipinski definition) is 1. The van der Waals surface area contributed by atoms with Gasteiger partial charge in [0.25, 0.3) is 0 Å². The van der Waals surface area contributed by atoms with Gasteiger partial charge >= 0.3 is 0 Å². The van der Waals surface area contributed by atoms with E-state index < -0.39 is 0 Å². The van der Waals surface area contributed by atoms with E-state index in [4.69, 9.17) is 5.26 Å². The fourth-order valence-electron chi connectivity index (χ4n) is 1.22. The Hall–Kier alpha value is -1.50. The Morgan fingerprint density at radius 1 is 1.57 bits per heavy atom. The molecule has 0 saturated heterocycles.